The fourth-order valence-electron chi connectivity index (χ4n) is 2.41. The Morgan fingerprint density at radius 3 is 3.06 bits per heavy atom. The molecule has 0 amide bonds. The maximum atomic E-state index is 10.4. The summed E-state index contributed by atoms with van der Waals surface area (Å²) in [5.41, 5.74) is 4.11. The predicted octanol–water partition coefficient (Wildman–Crippen LogP) is 1.47. The Morgan fingerprint density at radius 2 is 2.29 bits per heavy atom. The smallest absolute Gasteiger partial charge is 0.123 e. The summed E-state index contributed by atoms with van der Waals surface area (Å²) < 4.78 is 1.71. The van der Waals surface area contributed by atoms with Gasteiger partial charge in [0, 0.05) is 31.0 Å². The van der Waals surface area contributed by atoms with Gasteiger partial charge in [-0.05, 0) is 18.1 Å². The summed E-state index contributed by atoms with van der Waals surface area (Å²) in [6.07, 6.45) is 2.11. The lowest BCUT2D eigenvalue weighted by atomic mass is 10.0. The minimum atomic E-state index is -0.622. The largest absolute Gasteiger partial charge is 0.384 e. The van der Waals surface area contributed by atoms with Crippen LogP contribution in [0.4, 0.5) is 5.69 Å². The molecule has 1 aliphatic rings. The van der Waals surface area contributed by atoms with Gasteiger partial charge in [-0.2, -0.15) is 5.10 Å². The predicted molar refractivity (Wildman–Crippen MR) is 65.9 cm³/mol. The molecule has 0 spiro atoms. The van der Waals surface area contributed by atoms with Crippen LogP contribution in [-0.4, -0.2) is 21.4 Å². The summed E-state index contributed by atoms with van der Waals surface area (Å²) in [6.45, 7) is 0.949. The number of rotatable bonds is 2. The molecule has 4 heteroatoms. The molecule has 88 valence electrons. The molecule has 2 aromatic rings. The first kappa shape index (κ1) is 10.4. The second-order valence-corrected chi connectivity index (χ2v) is 4.34. The Bertz CT molecular complexity index is 547. The third-order valence-corrected chi connectivity index (χ3v) is 3.31. The van der Waals surface area contributed by atoms with E-state index in [1.165, 1.54) is 5.56 Å². The highest BCUT2D eigenvalue weighted by atomic mass is 16.3. The first-order valence-electron chi connectivity index (χ1n) is 5.79. The van der Waals surface area contributed by atoms with Crippen molar-refractivity contribution in [1.82, 2.24) is 9.78 Å². The Morgan fingerprint density at radius 1 is 1.41 bits per heavy atom. The first-order chi connectivity index (χ1) is 8.27. The molecule has 2 N–H and O–H groups in total. The van der Waals surface area contributed by atoms with Gasteiger partial charge in [0.15, 0.2) is 0 Å². The van der Waals surface area contributed by atoms with Crippen LogP contribution in [-0.2, 0) is 13.5 Å². The van der Waals surface area contributed by atoms with Crippen molar-refractivity contribution in [2.45, 2.75) is 12.5 Å². The van der Waals surface area contributed by atoms with E-state index in [1.807, 2.05) is 25.2 Å². The van der Waals surface area contributed by atoms with Gasteiger partial charge < -0.3 is 10.4 Å². The number of fused-ring (bicyclic) bond motifs is 1. The van der Waals surface area contributed by atoms with E-state index in [4.69, 9.17) is 0 Å². The van der Waals surface area contributed by atoms with E-state index in [-0.39, 0.29) is 0 Å². The SMILES string of the molecule is Cn1nccc1C(O)c1cccc2c1NCC2. The Labute approximate surface area is 99.9 Å². The summed E-state index contributed by atoms with van der Waals surface area (Å²) in [6, 6.07) is 7.92. The second kappa shape index (κ2) is 3.89. The molecule has 2 heterocycles. The summed E-state index contributed by atoms with van der Waals surface area (Å²) in [7, 11) is 1.84. The number of benzene rings is 1. The number of aliphatic hydroxyl groups excluding tert-OH is 1. The molecule has 1 aliphatic heterocycles. The molecule has 0 saturated heterocycles. The standard InChI is InChI=1S/C13H15N3O/c1-16-11(6-8-15-16)13(17)10-4-2-3-9-5-7-14-12(9)10/h2-4,6,8,13-14,17H,5,7H2,1H3. The number of aliphatic hydroxyl groups is 1. The minimum Gasteiger partial charge on any atom is -0.384 e. The molecular formula is C13H15N3O. The molecule has 17 heavy (non-hydrogen) atoms. The van der Waals surface area contributed by atoms with Crippen LogP contribution in [0.3, 0.4) is 0 Å². The average molecular weight is 229 g/mol. The van der Waals surface area contributed by atoms with Gasteiger partial charge in [0.1, 0.15) is 6.10 Å². The molecule has 1 aromatic carbocycles. The third kappa shape index (κ3) is 1.61. The molecule has 3 rings (SSSR count). The van der Waals surface area contributed by atoms with Crippen LogP contribution in [0.2, 0.25) is 0 Å². The Balaban J connectivity index is 2.05. The van der Waals surface area contributed by atoms with Crippen LogP contribution in [0, 0.1) is 0 Å². The highest BCUT2D eigenvalue weighted by Gasteiger charge is 2.21. The maximum absolute atomic E-state index is 10.4. The zero-order valence-electron chi connectivity index (χ0n) is 9.72. The van der Waals surface area contributed by atoms with E-state index in [1.54, 1.807) is 10.9 Å². The van der Waals surface area contributed by atoms with Crippen molar-refractivity contribution >= 4 is 5.69 Å². The zero-order valence-corrected chi connectivity index (χ0v) is 9.72. The monoisotopic (exact) mass is 229 g/mol. The van der Waals surface area contributed by atoms with E-state index in [9.17, 15) is 5.11 Å². The van der Waals surface area contributed by atoms with E-state index < -0.39 is 6.10 Å². The quantitative estimate of drug-likeness (QED) is 0.820. The molecule has 4 nitrogen and oxygen atoms in total. The van der Waals surface area contributed by atoms with Gasteiger partial charge in [0.2, 0.25) is 0 Å². The van der Waals surface area contributed by atoms with E-state index in [0.29, 0.717) is 0 Å². The first-order valence-corrected chi connectivity index (χ1v) is 5.79. The van der Waals surface area contributed by atoms with Gasteiger partial charge in [0.25, 0.3) is 0 Å². The van der Waals surface area contributed by atoms with Gasteiger partial charge >= 0.3 is 0 Å². The van der Waals surface area contributed by atoms with Crippen LogP contribution >= 0.6 is 0 Å². The Hall–Kier alpha value is -1.81. The van der Waals surface area contributed by atoms with Gasteiger partial charge in [0.05, 0.1) is 5.69 Å². The van der Waals surface area contributed by atoms with Crippen molar-refractivity contribution in [3.63, 3.8) is 0 Å². The summed E-state index contributed by atoms with van der Waals surface area (Å²) in [5, 5.41) is 17.9. The van der Waals surface area contributed by atoms with Crippen molar-refractivity contribution in [2.75, 3.05) is 11.9 Å². The van der Waals surface area contributed by atoms with Crippen LogP contribution in [0.1, 0.15) is 22.9 Å². The molecule has 1 atom stereocenters. The number of hydrogen-bond acceptors (Lipinski definition) is 3. The van der Waals surface area contributed by atoms with Crippen LogP contribution in [0.25, 0.3) is 0 Å². The van der Waals surface area contributed by atoms with Crippen molar-refractivity contribution in [3.8, 4) is 0 Å². The van der Waals surface area contributed by atoms with Crippen molar-refractivity contribution in [3.05, 3.63) is 47.3 Å². The number of aromatic nitrogens is 2. The number of nitrogens with one attached hydrogen (secondary N) is 1. The molecule has 0 fully saturated rings. The highest BCUT2D eigenvalue weighted by Crippen LogP contribution is 2.33. The second-order valence-electron chi connectivity index (χ2n) is 4.34. The number of para-hydroxylation sites is 1. The lowest BCUT2D eigenvalue weighted by molar-refractivity contribution is 0.210. The van der Waals surface area contributed by atoms with E-state index >= 15 is 0 Å². The Kier molecular flexibility index (Phi) is 2.37. The van der Waals surface area contributed by atoms with Crippen LogP contribution < -0.4 is 5.32 Å². The normalized spacial score (nSPS) is 15.4. The molecule has 0 aliphatic carbocycles. The van der Waals surface area contributed by atoms with Crippen molar-refractivity contribution < 1.29 is 5.11 Å². The third-order valence-electron chi connectivity index (χ3n) is 3.31. The van der Waals surface area contributed by atoms with Crippen LogP contribution in [0.15, 0.2) is 30.5 Å². The van der Waals surface area contributed by atoms with Gasteiger partial charge in [-0.15, -0.1) is 0 Å². The summed E-state index contributed by atoms with van der Waals surface area (Å²) in [4.78, 5) is 0. The number of nitrogens with zero attached hydrogens (tertiary/aromatic N) is 2. The van der Waals surface area contributed by atoms with Crippen LogP contribution in [0.5, 0.6) is 0 Å². The molecule has 1 unspecified atom stereocenters. The number of aryl methyl sites for hydroxylation is 1. The number of anilines is 1. The van der Waals surface area contributed by atoms with E-state index in [2.05, 4.69) is 16.5 Å². The van der Waals surface area contributed by atoms with Crippen molar-refractivity contribution in [2.24, 2.45) is 7.05 Å². The molecule has 0 bridgehead atoms. The summed E-state index contributed by atoms with van der Waals surface area (Å²) >= 11 is 0. The molecule has 0 saturated carbocycles. The van der Waals surface area contributed by atoms with E-state index in [0.717, 1.165) is 29.9 Å². The maximum Gasteiger partial charge on any atom is 0.123 e. The van der Waals surface area contributed by atoms with Gasteiger partial charge in [-0.1, -0.05) is 18.2 Å². The topological polar surface area (TPSA) is 50.1 Å². The molecule has 1 aromatic heterocycles. The minimum absolute atomic E-state index is 0.622. The fourth-order valence-corrected chi connectivity index (χ4v) is 2.41. The number of hydrogen-bond donors (Lipinski definition) is 2. The lowest BCUT2D eigenvalue weighted by Gasteiger charge is -2.15. The van der Waals surface area contributed by atoms with Gasteiger partial charge in [-0.25, -0.2) is 0 Å². The van der Waals surface area contributed by atoms with Gasteiger partial charge in [-0.3, -0.25) is 4.68 Å². The van der Waals surface area contributed by atoms with Crippen molar-refractivity contribution in [1.29, 1.82) is 0 Å². The fraction of sp³-hybridized carbons (Fsp3) is 0.308. The zero-order chi connectivity index (χ0) is 11.8. The lowest BCUT2D eigenvalue weighted by Crippen LogP contribution is -2.08. The average Bonchev–Trinajstić information content (AvgIpc) is 2.95. The highest BCUT2D eigenvalue weighted by molar-refractivity contribution is 5.62. The molecular weight excluding hydrogens is 214 g/mol. The molecule has 0 radical (unpaired) electrons. The summed E-state index contributed by atoms with van der Waals surface area (Å²) in [5.74, 6) is 0.